The summed E-state index contributed by atoms with van der Waals surface area (Å²) in [6.45, 7) is 17.2. The fourth-order valence-corrected chi connectivity index (χ4v) is 2.69. The Hall–Kier alpha value is -2.26. The molecule has 2 rings (SSSR count). The lowest BCUT2D eigenvalue weighted by molar-refractivity contribution is 0.640. The highest BCUT2D eigenvalue weighted by Gasteiger charge is 2.22. The molecule has 0 saturated heterocycles. The van der Waals surface area contributed by atoms with E-state index >= 15 is 0 Å². The fourth-order valence-electron chi connectivity index (χ4n) is 2.69. The summed E-state index contributed by atoms with van der Waals surface area (Å²) in [5.74, 6) is 5.90. The SMILES string of the molecule is CCC#CCC.CCC=CCC.Cc1ccc(C(C)(C)c2ccc(C)cc2)cc1. The van der Waals surface area contributed by atoms with Crippen molar-refractivity contribution in [2.75, 3.05) is 0 Å². The summed E-state index contributed by atoms with van der Waals surface area (Å²) in [7, 11) is 0. The van der Waals surface area contributed by atoms with Gasteiger partial charge in [0.1, 0.15) is 0 Å². The average molecular weight is 391 g/mol. The fraction of sp³-hybridized carbons (Fsp3) is 0.448. The van der Waals surface area contributed by atoms with Crippen LogP contribution < -0.4 is 0 Å². The van der Waals surface area contributed by atoms with Gasteiger partial charge in [0.2, 0.25) is 0 Å². The maximum atomic E-state index is 2.95. The van der Waals surface area contributed by atoms with Gasteiger partial charge in [-0.25, -0.2) is 0 Å². The quantitative estimate of drug-likeness (QED) is 0.361. The smallest absolute Gasteiger partial charge is 0.0146 e. The third-order valence-corrected chi connectivity index (χ3v) is 4.66. The van der Waals surface area contributed by atoms with Crippen molar-refractivity contribution in [3.63, 3.8) is 0 Å². The van der Waals surface area contributed by atoms with Crippen molar-refractivity contribution < 1.29 is 0 Å². The zero-order valence-electron chi connectivity index (χ0n) is 20.1. The highest BCUT2D eigenvalue weighted by Crippen LogP contribution is 2.31. The van der Waals surface area contributed by atoms with Gasteiger partial charge < -0.3 is 0 Å². The van der Waals surface area contributed by atoms with Gasteiger partial charge in [0.15, 0.2) is 0 Å². The Morgan fingerprint density at radius 3 is 1.17 bits per heavy atom. The number of hydrogen-bond acceptors (Lipinski definition) is 0. The largest absolute Gasteiger partial charge is 0.104 e. The molecule has 29 heavy (non-hydrogen) atoms. The molecule has 0 bridgehead atoms. The molecule has 0 fully saturated rings. The normalized spacial score (nSPS) is 10.2. The monoisotopic (exact) mass is 390 g/mol. The molecule has 0 heterocycles. The maximum Gasteiger partial charge on any atom is 0.0146 e. The zero-order chi connectivity index (χ0) is 22.1. The highest BCUT2D eigenvalue weighted by molar-refractivity contribution is 5.39. The number of benzene rings is 2. The summed E-state index contributed by atoms with van der Waals surface area (Å²) in [4.78, 5) is 0. The molecule has 2 aromatic rings. The minimum Gasteiger partial charge on any atom is -0.104 e. The van der Waals surface area contributed by atoms with E-state index < -0.39 is 0 Å². The van der Waals surface area contributed by atoms with E-state index in [0.29, 0.717) is 0 Å². The first-order valence-corrected chi connectivity index (χ1v) is 11.1. The highest BCUT2D eigenvalue weighted by atomic mass is 14.3. The van der Waals surface area contributed by atoms with Gasteiger partial charge in [-0.15, -0.1) is 11.8 Å². The minimum absolute atomic E-state index is 0.0708. The molecule has 0 amide bonds. The van der Waals surface area contributed by atoms with Crippen molar-refractivity contribution in [1.29, 1.82) is 0 Å². The van der Waals surface area contributed by atoms with E-state index in [1.165, 1.54) is 35.1 Å². The first kappa shape index (κ1) is 26.7. The van der Waals surface area contributed by atoms with Gasteiger partial charge in [-0.2, -0.15) is 0 Å². The Bertz CT molecular complexity index is 670. The molecule has 0 N–H and O–H groups in total. The van der Waals surface area contributed by atoms with Gasteiger partial charge in [-0.3, -0.25) is 0 Å². The van der Waals surface area contributed by atoms with Crippen LogP contribution in [0, 0.1) is 25.7 Å². The molecule has 0 spiro atoms. The van der Waals surface area contributed by atoms with E-state index in [9.17, 15) is 0 Å². The van der Waals surface area contributed by atoms with E-state index in [2.05, 4.69) is 128 Å². The third-order valence-electron chi connectivity index (χ3n) is 4.66. The van der Waals surface area contributed by atoms with Gasteiger partial charge in [-0.1, -0.05) is 113 Å². The lowest BCUT2D eigenvalue weighted by Gasteiger charge is -2.26. The van der Waals surface area contributed by atoms with Crippen molar-refractivity contribution in [3.8, 4) is 11.8 Å². The lowest BCUT2D eigenvalue weighted by Crippen LogP contribution is -2.18. The molecule has 0 heteroatoms. The summed E-state index contributed by atoms with van der Waals surface area (Å²) in [5, 5.41) is 0. The molecule has 0 unspecified atom stereocenters. The Balaban J connectivity index is 0.000000542. The van der Waals surface area contributed by atoms with Crippen LogP contribution in [0.25, 0.3) is 0 Å². The topological polar surface area (TPSA) is 0 Å². The summed E-state index contributed by atoms with van der Waals surface area (Å²) in [6.07, 6.45) is 8.70. The van der Waals surface area contributed by atoms with Crippen LogP contribution in [-0.2, 0) is 5.41 Å². The van der Waals surface area contributed by atoms with Crippen molar-refractivity contribution >= 4 is 0 Å². The van der Waals surface area contributed by atoms with Crippen LogP contribution in [0.2, 0.25) is 0 Å². The molecule has 158 valence electrons. The molecular weight excluding hydrogens is 348 g/mol. The second kappa shape index (κ2) is 15.6. The van der Waals surface area contributed by atoms with E-state index in [0.717, 1.165) is 12.8 Å². The van der Waals surface area contributed by atoms with Crippen LogP contribution in [0.15, 0.2) is 60.7 Å². The Labute approximate surface area is 181 Å². The maximum absolute atomic E-state index is 2.95. The predicted octanol–water partition coefficient (Wildman–Crippen LogP) is 8.80. The van der Waals surface area contributed by atoms with Crippen molar-refractivity contribution in [1.82, 2.24) is 0 Å². The van der Waals surface area contributed by atoms with Crippen LogP contribution in [-0.4, -0.2) is 0 Å². The Morgan fingerprint density at radius 2 is 0.931 bits per heavy atom. The van der Waals surface area contributed by atoms with Gasteiger partial charge in [0.05, 0.1) is 0 Å². The first-order chi connectivity index (χ1) is 13.8. The number of allylic oxidation sites excluding steroid dienone is 2. The van der Waals surface area contributed by atoms with Crippen LogP contribution in [0.4, 0.5) is 0 Å². The van der Waals surface area contributed by atoms with E-state index in [1.54, 1.807) is 0 Å². The third kappa shape index (κ3) is 11.4. The summed E-state index contributed by atoms with van der Waals surface area (Å²) >= 11 is 0. The second-order valence-corrected chi connectivity index (χ2v) is 7.71. The molecule has 0 aliphatic heterocycles. The molecular formula is C29H42. The molecule has 0 nitrogen and oxygen atoms in total. The predicted molar refractivity (Wildman–Crippen MR) is 133 cm³/mol. The van der Waals surface area contributed by atoms with E-state index in [1.807, 2.05) is 0 Å². The number of aryl methyl sites for hydroxylation is 2. The molecule has 0 aromatic heterocycles. The van der Waals surface area contributed by atoms with Crippen molar-refractivity contribution in [2.45, 2.75) is 86.5 Å². The van der Waals surface area contributed by atoms with Gasteiger partial charge in [0.25, 0.3) is 0 Å². The molecule has 0 aliphatic rings. The lowest BCUT2D eigenvalue weighted by atomic mass is 9.78. The summed E-state index contributed by atoms with van der Waals surface area (Å²) in [6, 6.07) is 17.7. The molecule has 2 aromatic carbocycles. The number of hydrogen-bond donors (Lipinski definition) is 0. The van der Waals surface area contributed by atoms with E-state index in [4.69, 9.17) is 0 Å². The van der Waals surface area contributed by atoms with Crippen molar-refractivity contribution in [2.24, 2.45) is 0 Å². The summed E-state index contributed by atoms with van der Waals surface area (Å²) in [5.41, 5.74) is 5.43. The Kier molecular flexibility index (Phi) is 14.4. The standard InChI is InChI=1S/C17H20.C6H12.C6H10/c1-13-5-9-15(10-6-13)17(3,4)16-11-7-14(2)8-12-16;2*1-3-5-6-4-2/h5-12H,1-4H3;5-6H,3-4H2,1-2H3;3-4H2,1-2H3. The van der Waals surface area contributed by atoms with Crippen LogP contribution in [0.3, 0.4) is 0 Å². The first-order valence-electron chi connectivity index (χ1n) is 11.1. The van der Waals surface area contributed by atoms with Crippen LogP contribution in [0.5, 0.6) is 0 Å². The molecule has 0 saturated carbocycles. The van der Waals surface area contributed by atoms with Crippen LogP contribution in [0.1, 0.15) is 89.5 Å². The van der Waals surface area contributed by atoms with Gasteiger partial charge in [-0.05, 0) is 37.8 Å². The average Bonchev–Trinajstić information content (AvgIpc) is 2.72. The Morgan fingerprint density at radius 1 is 0.621 bits per heavy atom. The van der Waals surface area contributed by atoms with E-state index in [-0.39, 0.29) is 5.41 Å². The molecule has 0 aliphatic carbocycles. The minimum atomic E-state index is 0.0708. The van der Waals surface area contributed by atoms with Gasteiger partial charge >= 0.3 is 0 Å². The van der Waals surface area contributed by atoms with Crippen molar-refractivity contribution in [3.05, 3.63) is 82.9 Å². The van der Waals surface area contributed by atoms with Gasteiger partial charge in [0, 0.05) is 18.3 Å². The molecule has 0 radical (unpaired) electrons. The van der Waals surface area contributed by atoms with Crippen LogP contribution >= 0.6 is 0 Å². The number of rotatable bonds is 4. The zero-order valence-corrected chi connectivity index (χ0v) is 20.1. The summed E-state index contributed by atoms with van der Waals surface area (Å²) < 4.78 is 0. The molecule has 0 atom stereocenters. The second-order valence-electron chi connectivity index (χ2n) is 7.71.